The van der Waals surface area contributed by atoms with Gasteiger partial charge < -0.3 is 14.8 Å². The van der Waals surface area contributed by atoms with Crippen LogP contribution in [0.25, 0.3) is 0 Å². The van der Waals surface area contributed by atoms with Crippen LogP contribution in [0.2, 0.25) is 0 Å². The fraction of sp³-hybridized carbons (Fsp3) is 0.529. The summed E-state index contributed by atoms with van der Waals surface area (Å²) in [5.41, 5.74) is 0.869. The van der Waals surface area contributed by atoms with E-state index >= 15 is 0 Å². The van der Waals surface area contributed by atoms with Crippen LogP contribution in [0.1, 0.15) is 31.9 Å². The van der Waals surface area contributed by atoms with E-state index in [1.54, 1.807) is 21.0 Å². The van der Waals surface area contributed by atoms with Crippen molar-refractivity contribution in [3.63, 3.8) is 0 Å². The molecule has 0 heterocycles. The van der Waals surface area contributed by atoms with Crippen molar-refractivity contribution in [2.45, 2.75) is 44.8 Å². The first-order valence-corrected chi connectivity index (χ1v) is 7.38. The number of esters is 1. The first kappa shape index (κ1) is 16.5. The van der Waals surface area contributed by atoms with Gasteiger partial charge in [-0.1, -0.05) is 24.3 Å². The van der Waals surface area contributed by atoms with Crippen LogP contribution in [0.3, 0.4) is 0 Å². The quantitative estimate of drug-likeness (QED) is 0.840. The van der Waals surface area contributed by atoms with Crippen molar-refractivity contribution in [1.29, 1.82) is 0 Å². The molecule has 2 rings (SSSR count). The maximum atomic E-state index is 12.2. The number of rotatable bonds is 5. The van der Waals surface area contributed by atoms with Gasteiger partial charge >= 0.3 is 5.97 Å². The van der Waals surface area contributed by atoms with Crippen molar-refractivity contribution in [3.05, 3.63) is 35.4 Å². The van der Waals surface area contributed by atoms with Gasteiger partial charge in [-0.3, -0.25) is 9.59 Å². The average Bonchev–Trinajstić information content (AvgIpc) is 2.82. The number of nitrogens with one attached hydrogen (secondary N) is 1. The Bertz CT molecular complexity index is 555. The third-order valence-corrected chi connectivity index (χ3v) is 4.09. The van der Waals surface area contributed by atoms with Crippen molar-refractivity contribution in [1.82, 2.24) is 5.32 Å². The Balaban J connectivity index is 2.01. The van der Waals surface area contributed by atoms with Crippen LogP contribution in [0.15, 0.2) is 24.3 Å². The highest BCUT2D eigenvalue weighted by Crippen LogP contribution is 2.32. The molecule has 0 aliphatic heterocycles. The summed E-state index contributed by atoms with van der Waals surface area (Å²) in [6, 6.07) is 8.18. The zero-order chi connectivity index (χ0) is 16.4. The van der Waals surface area contributed by atoms with E-state index in [2.05, 4.69) is 17.4 Å². The normalized spacial score (nSPS) is 16.0. The van der Waals surface area contributed by atoms with Crippen LogP contribution in [-0.4, -0.2) is 36.7 Å². The zero-order valence-electron chi connectivity index (χ0n) is 13.6. The third-order valence-electron chi connectivity index (χ3n) is 4.09. The lowest BCUT2D eigenvalue weighted by Crippen LogP contribution is -2.51. The molecule has 0 saturated heterocycles. The Kier molecular flexibility index (Phi) is 4.56. The lowest BCUT2D eigenvalue weighted by molar-refractivity contribution is -0.163. The Morgan fingerprint density at radius 3 is 2.23 bits per heavy atom. The van der Waals surface area contributed by atoms with E-state index in [0.29, 0.717) is 6.54 Å². The predicted octanol–water partition coefficient (Wildman–Crippen LogP) is 1.63. The molecular formula is C17H23NO4. The molecule has 1 amide bonds. The van der Waals surface area contributed by atoms with E-state index < -0.39 is 17.2 Å². The Hall–Kier alpha value is -1.88. The minimum atomic E-state index is -1.19. The largest absolute Gasteiger partial charge is 0.450 e. The van der Waals surface area contributed by atoms with Gasteiger partial charge in [-0.2, -0.15) is 0 Å². The lowest BCUT2D eigenvalue weighted by Gasteiger charge is -2.30. The molecule has 5 nitrogen and oxygen atoms in total. The van der Waals surface area contributed by atoms with Gasteiger partial charge in [0.2, 0.25) is 0 Å². The molecule has 1 N–H and O–H groups in total. The Labute approximate surface area is 131 Å². The number of ether oxygens (including phenoxy) is 2. The summed E-state index contributed by atoms with van der Waals surface area (Å²) >= 11 is 0. The van der Waals surface area contributed by atoms with Crippen LogP contribution in [0.4, 0.5) is 0 Å². The predicted molar refractivity (Wildman–Crippen MR) is 82.4 cm³/mol. The number of fused-ring (bicyclic) bond motifs is 1. The summed E-state index contributed by atoms with van der Waals surface area (Å²) < 4.78 is 10.8. The van der Waals surface area contributed by atoms with E-state index in [1.165, 1.54) is 18.1 Å². The van der Waals surface area contributed by atoms with Crippen LogP contribution in [0.5, 0.6) is 0 Å². The first-order valence-electron chi connectivity index (χ1n) is 7.38. The summed E-state index contributed by atoms with van der Waals surface area (Å²) in [4.78, 5) is 23.3. The van der Waals surface area contributed by atoms with E-state index in [0.717, 1.165) is 12.8 Å². The third kappa shape index (κ3) is 3.47. The van der Waals surface area contributed by atoms with Gasteiger partial charge in [-0.05, 0) is 25.0 Å². The molecule has 0 fully saturated rings. The molecule has 1 aliphatic carbocycles. The van der Waals surface area contributed by atoms with Crippen LogP contribution in [0, 0.1) is 0 Å². The summed E-state index contributed by atoms with van der Waals surface area (Å²) in [6.07, 6.45) is 1.52. The van der Waals surface area contributed by atoms with Gasteiger partial charge in [-0.15, -0.1) is 0 Å². The summed E-state index contributed by atoms with van der Waals surface area (Å²) in [7, 11) is 1.66. The van der Waals surface area contributed by atoms with Gasteiger partial charge in [0.1, 0.15) is 0 Å². The fourth-order valence-electron chi connectivity index (χ4n) is 2.86. The molecular weight excluding hydrogens is 282 g/mol. The Morgan fingerprint density at radius 1 is 1.23 bits per heavy atom. The van der Waals surface area contributed by atoms with Gasteiger partial charge in [0.05, 0.1) is 5.60 Å². The van der Waals surface area contributed by atoms with Gasteiger partial charge in [-0.25, -0.2) is 0 Å². The summed E-state index contributed by atoms with van der Waals surface area (Å²) in [5.74, 6) is -0.801. The van der Waals surface area contributed by atoms with Gasteiger partial charge in [0.15, 0.2) is 5.60 Å². The molecule has 5 heteroatoms. The molecule has 1 aromatic carbocycles. The molecule has 0 atom stereocenters. The second-order valence-electron chi connectivity index (χ2n) is 6.30. The van der Waals surface area contributed by atoms with Gasteiger partial charge in [0.25, 0.3) is 5.91 Å². The van der Waals surface area contributed by atoms with Crippen molar-refractivity contribution < 1.29 is 19.1 Å². The number of hydrogen-bond donors (Lipinski definition) is 1. The highest BCUT2D eigenvalue weighted by molar-refractivity contribution is 5.86. The minimum absolute atomic E-state index is 0.324. The van der Waals surface area contributed by atoms with Crippen molar-refractivity contribution in [2.75, 3.05) is 13.7 Å². The lowest BCUT2D eigenvalue weighted by atomic mass is 9.99. The van der Waals surface area contributed by atoms with E-state index in [1.807, 2.05) is 12.1 Å². The maximum absolute atomic E-state index is 12.2. The van der Waals surface area contributed by atoms with Crippen LogP contribution >= 0.6 is 0 Å². The number of amides is 1. The second-order valence-corrected chi connectivity index (χ2v) is 6.30. The maximum Gasteiger partial charge on any atom is 0.303 e. The highest BCUT2D eigenvalue weighted by Gasteiger charge is 2.39. The fourth-order valence-corrected chi connectivity index (χ4v) is 2.86. The van der Waals surface area contributed by atoms with E-state index in [9.17, 15) is 9.59 Å². The molecule has 0 radical (unpaired) electrons. The number of carbonyl (C=O) groups is 2. The second kappa shape index (κ2) is 6.08. The molecule has 120 valence electrons. The summed E-state index contributed by atoms with van der Waals surface area (Å²) in [6.45, 7) is 4.82. The number of carbonyl (C=O) groups excluding carboxylic acids is 2. The molecule has 0 spiro atoms. The molecule has 0 unspecified atom stereocenters. The SMILES string of the molecule is COC1(CNC(=O)C(C)(C)OC(C)=O)Cc2ccccc2C1. The van der Waals surface area contributed by atoms with Crippen LogP contribution < -0.4 is 5.32 Å². The average molecular weight is 305 g/mol. The van der Waals surface area contributed by atoms with Crippen molar-refractivity contribution in [2.24, 2.45) is 0 Å². The van der Waals surface area contributed by atoms with E-state index in [-0.39, 0.29) is 5.91 Å². The molecule has 1 aliphatic rings. The Morgan fingerprint density at radius 2 is 1.77 bits per heavy atom. The summed E-state index contributed by atoms with van der Waals surface area (Å²) in [5, 5.41) is 2.86. The van der Waals surface area contributed by atoms with Crippen molar-refractivity contribution in [3.8, 4) is 0 Å². The van der Waals surface area contributed by atoms with Crippen molar-refractivity contribution >= 4 is 11.9 Å². The molecule has 0 saturated carbocycles. The molecule has 1 aromatic rings. The number of benzene rings is 1. The van der Waals surface area contributed by atoms with Crippen LogP contribution in [-0.2, 0) is 31.9 Å². The topological polar surface area (TPSA) is 64.6 Å². The molecule has 0 bridgehead atoms. The molecule has 22 heavy (non-hydrogen) atoms. The number of hydrogen-bond acceptors (Lipinski definition) is 4. The highest BCUT2D eigenvalue weighted by atomic mass is 16.6. The van der Waals surface area contributed by atoms with E-state index in [4.69, 9.17) is 9.47 Å². The van der Waals surface area contributed by atoms with Gasteiger partial charge in [0, 0.05) is 33.4 Å². The zero-order valence-corrected chi connectivity index (χ0v) is 13.6. The molecule has 0 aromatic heterocycles. The smallest absolute Gasteiger partial charge is 0.303 e. The minimum Gasteiger partial charge on any atom is -0.450 e. The monoisotopic (exact) mass is 305 g/mol. The standard InChI is InChI=1S/C17H23NO4/c1-12(19)22-16(2,3)15(20)18-11-17(21-4)9-13-7-5-6-8-14(13)10-17/h5-8H,9-11H2,1-4H3,(H,18,20). The number of methoxy groups -OCH3 is 1. The first-order chi connectivity index (χ1) is 10.3.